The van der Waals surface area contributed by atoms with E-state index in [4.69, 9.17) is 11.6 Å². The molecule has 1 aromatic heterocycles. The Morgan fingerprint density at radius 2 is 2.31 bits per heavy atom. The van der Waals surface area contributed by atoms with Crippen LogP contribution in [0.5, 0.6) is 0 Å². The maximum Gasteiger partial charge on any atom is 0.293 e. The fourth-order valence-corrected chi connectivity index (χ4v) is 1.25. The molecule has 2 rings (SSSR count). The number of nitrogens with one attached hydrogen (secondary N) is 2. The zero-order chi connectivity index (χ0) is 11.5. The molecule has 0 saturated heterocycles. The van der Waals surface area contributed by atoms with E-state index in [9.17, 15) is 9.18 Å². The van der Waals surface area contributed by atoms with Crippen LogP contribution in [0.1, 0.15) is 10.6 Å². The summed E-state index contributed by atoms with van der Waals surface area (Å²) < 4.78 is 12.9. The van der Waals surface area contributed by atoms with Gasteiger partial charge in [-0.25, -0.2) is 9.37 Å². The van der Waals surface area contributed by atoms with Gasteiger partial charge in [-0.3, -0.25) is 9.89 Å². The highest BCUT2D eigenvalue weighted by Gasteiger charge is 2.11. The van der Waals surface area contributed by atoms with Crippen LogP contribution in [0.3, 0.4) is 0 Å². The smallest absolute Gasteiger partial charge is 0.293 e. The lowest BCUT2D eigenvalue weighted by atomic mass is 10.3. The van der Waals surface area contributed by atoms with E-state index in [1.54, 1.807) is 0 Å². The van der Waals surface area contributed by atoms with Crippen molar-refractivity contribution in [3.8, 4) is 0 Å². The lowest BCUT2D eigenvalue weighted by Crippen LogP contribution is -2.14. The lowest BCUT2D eigenvalue weighted by Gasteiger charge is -2.04. The summed E-state index contributed by atoms with van der Waals surface area (Å²) in [6.45, 7) is 0. The van der Waals surface area contributed by atoms with Crippen LogP contribution in [0.2, 0.25) is 5.02 Å². The number of halogens is 2. The summed E-state index contributed by atoms with van der Waals surface area (Å²) in [5, 5.41) is 8.56. The predicted molar refractivity (Wildman–Crippen MR) is 55.7 cm³/mol. The molecule has 1 heterocycles. The molecule has 0 saturated carbocycles. The topological polar surface area (TPSA) is 70.7 Å². The Balaban J connectivity index is 2.21. The van der Waals surface area contributed by atoms with Crippen molar-refractivity contribution in [3.05, 3.63) is 41.2 Å². The van der Waals surface area contributed by atoms with Crippen LogP contribution in [-0.2, 0) is 0 Å². The maximum atomic E-state index is 12.9. The highest BCUT2D eigenvalue weighted by atomic mass is 35.5. The first kappa shape index (κ1) is 10.6. The Kier molecular flexibility index (Phi) is 2.82. The minimum Gasteiger partial charge on any atom is -0.318 e. The summed E-state index contributed by atoms with van der Waals surface area (Å²) in [6, 6.07) is 3.68. The van der Waals surface area contributed by atoms with E-state index in [1.807, 2.05) is 0 Å². The number of aromatic amines is 1. The second kappa shape index (κ2) is 4.28. The van der Waals surface area contributed by atoms with Gasteiger partial charge in [0.1, 0.15) is 12.1 Å². The van der Waals surface area contributed by atoms with E-state index in [-0.39, 0.29) is 16.5 Å². The number of hydrogen-bond donors (Lipinski definition) is 2. The molecular weight excluding hydrogens is 235 g/mol. The predicted octanol–water partition coefficient (Wildman–Crippen LogP) is 1.85. The van der Waals surface area contributed by atoms with Gasteiger partial charge in [0.2, 0.25) is 5.82 Å². The molecule has 0 aliphatic rings. The molecule has 82 valence electrons. The molecule has 16 heavy (non-hydrogen) atoms. The van der Waals surface area contributed by atoms with Crippen molar-refractivity contribution in [3.63, 3.8) is 0 Å². The van der Waals surface area contributed by atoms with Crippen molar-refractivity contribution in [2.24, 2.45) is 0 Å². The summed E-state index contributed by atoms with van der Waals surface area (Å²) in [6.07, 6.45) is 1.20. The van der Waals surface area contributed by atoms with Crippen LogP contribution in [0.25, 0.3) is 0 Å². The molecule has 2 N–H and O–H groups in total. The molecule has 0 bridgehead atoms. The second-order valence-corrected chi connectivity index (χ2v) is 3.32. The number of hydrogen-bond acceptors (Lipinski definition) is 3. The van der Waals surface area contributed by atoms with Gasteiger partial charge >= 0.3 is 0 Å². The zero-order valence-corrected chi connectivity index (χ0v) is 8.62. The average Bonchev–Trinajstić information content (AvgIpc) is 2.76. The average molecular weight is 241 g/mol. The first-order chi connectivity index (χ1) is 7.66. The van der Waals surface area contributed by atoms with Crippen molar-refractivity contribution in [2.75, 3.05) is 5.32 Å². The van der Waals surface area contributed by atoms with Gasteiger partial charge in [-0.15, -0.1) is 0 Å². The van der Waals surface area contributed by atoms with Crippen molar-refractivity contribution < 1.29 is 9.18 Å². The first-order valence-corrected chi connectivity index (χ1v) is 4.66. The van der Waals surface area contributed by atoms with E-state index < -0.39 is 11.7 Å². The van der Waals surface area contributed by atoms with Crippen LogP contribution >= 0.6 is 11.6 Å². The molecule has 0 radical (unpaired) electrons. The highest BCUT2D eigenvalue weighted by Crippen LogP contribution is 2.22. The minimum absolute atomic E-state index is 0.0281. The molecule has 5 nitrogen and oxygen atoms in total. The van der Waals surface area contributed by atoms with E-state index in [0.29, 0.717) is 0 Å². The summed E-state index contributed by atoms with van der Waals surface area (Å²) in [5.41, 5.74) is 0.183. The standard InChI is InChI=1S/C9H6ClFN4O/c10-6-2-1-5(11)3-7(6)14-9(16)8-12-4-13-15-8/h1-4H,(H,14,16)(H,12,13,15). The van der Waals surface area contributed by atoms with Crippen molar-refractivity contribution >= 4 is 23.2 Å². The molecule has 2 aromatic rings. The molecule has 0 unspecified atom stereocenters. The third-order valence-corrected chi connectivity index (χ3v) is 2.14. The number of carbonyl (C=O) groups excluding carboxylic acids is 1. The molecule has 0 atom stereocenters. The minimum atomic E-state index is -0.537. The molecule has 0 fully saturated rings. The molecule has 0 aliphatic heterocycles. The molecule has 1 aromatic carbocycles. The Labute approximate surface area is 94.7 Å². The largest absolute Gasteiger partial charge is 0.318 e. The summed E-state index contributed by atoms with van der Waals surface area (Å²) in [4.78, 5) is 15.2. The van der Waals surface area contributed by atoms with Gasteiger partial charge in [-0.05, 0) is 18.2 Å². The van der Waals surface area contributed by atoms with E-state index in [0.717, 1.165) is 6.07 Å². The number of benzene rings is 1. The molecule has 0 aliphatic carbocycles. The maximum absolute atomic E-state index is 12.9. The van der Waals surface area contributed by atoms with Gasteiger partial charge in [0.25, 0.3) is 5.91 Å². The van der Waals surface area contributed by atoms with Crippen LogP contribution in [0.15, 0.2) is 24.5 Å². The number of nitrogens with zero attached hydrogens (tertiary/aromatic N) is 2. The number of aromatic nitrogens is 3. The summed E-state index contributed by atoms with van der Waals surface area (Å²) in [7, 11) is 0. The van der Waals surface area contributed by atoms with E-state index >= 15 is 0 Å². The molecule has 0 spiro atoms. The fraction of sp³-hybridized carbons (Fsp3) is 0. The van der Waals surface area contributed by atoms with Crippen molar-refractivity contribution in [1.82, 2.24) is 15.2 Å². The first-order valence-electron chi connectivity index (χ1n) is 4.28. The Morgan fingerprint density at radius 3 is 3.00 bits per heavy atom. The number of rotatable bonds is 2. The zero-order valence-electron chi connectivity index (χ0n) is 7.87. The number of anilines is 1. The summed E-state index contributed by atoms with van der Waals surface area (Å²) in [5.74, 6) is -0.998. The number of amides is 1. The molecule has 7 heteroatoms. The number of carbonyl (C=O) groups is 1. The van der Waals surface area contributed by atoms with Gasteiger partial charge in [0.05, 0.1) is 10.7 Å². The third kappa shape index (κ3) is 2.17. The normalized spacial score (nSPS) is 10.1. The van der Waals surface area contributed by atoms with Crippen molar-refractivity contribution in [1.29, 1.82) is 0 Å². The Morgan fingerprint density at radius 1 is 1.50 bits per heavy atom. The van der Waals surface area contributed by atoms with Crippen LogP contribution in [0, 0.1) is 5.82 Å². The van der Waals surface area contributed by atoms with E-state index in [2.05, 4.69) is 20.5 Å². The van der Waals surface area contributed by atoms with E-state index in [1.165, 1.54) is 18.5 Å². The third-order valence-electron chi connectivity index (χ3n) is 1.81. The quantitative estimate of drug-likeness (QED) is 0.842. The van der Waals surface area contributed by atoms with Gasteiger partial charge in [-0.1, -0.05) is 11.6 Å². The van der Waals surface area contributed by atoms with Crippen LogP contribution < -0.4 is 5.32 Å². The van der Waals surface area contributed by atoms with Gasteiger partial charge in [0, 0.05) is 0 Å². The Bertz CT molecular complexity index is 514. The van der Waals surface area contributed by atoms with Crippen molar-refractivity contribution in [2.45, 2.75) is 0 Å². The molecular formula is C9H6ClFN4O. The SMILES string of the molecule is O=C(Nc1cc(F)ccc1Cl)c1ncn[nH]1. The highest BCUT2D eigenvalue weighted by molar-refractivity contribution is 6.33. The van der Waals surface area contributed by atoms with Crippen LogP contribution in [0.4, 0.5) is 10.1 Å². The number of H-pyrrole nitrogens is 1. The lowest BCUT2D eigenvalue weighted by molar-refractivity contribution is 0.101. The van der Waals surface area contributed by atoms with Crippen LogP contribution in [-0.4, -0.2) is 21.1 Å². The summed E-state index contributed by atoms with van der Waals surface area (Å²) >= 11 is 5.77. The van der Waals surface area contributed by atoms with Gasteiger partial charge in [-0.2, -0.15) is 5.10 Å². The monoisotopic (exact) mass is 240 g/mol. The van der Waals surface area contributed by atoms with Gasteiger partial charge < -0.3 is 5.32 Å². The Hall–Kier alpha value is -1.95. The molecule has 1 amide bonds. The fourth-order valence-electron chi connectivity index (χ4n) is 1.09. The second-order valence-electron chi connectivity index (χ2n) is 2.91. The van der Waals surface area contributed by atoms with Gasteiger partial charge in [0.15, 0.2) is 0 Å².